The molecule has 1 N–H and O–H groups in total. The molecule has 3 rings (SSSR count). The summed E-state index contributed by atoms with van der Waals surface area (Å²) in [7, 11) is 0. The molecule has 3 aromatic rings. The Hall–Kier alpha value is -2.12. The fourth-order valence-electron chi connectivity index (χ4n) is 2.78. The van der Waals surface area contributed by atoms with Crippen molar-refractivity contribution in [3.8, 4) is 11.3 Å². The third-order valence-corrected chi connectivity index (χ3v) is 4.95. The van der Waals surface area contributed by atoms with E-state index < -0.39 is 6.10 Å². The van der Waals surface area contributed by atoms with Crippen molar-refractivity contribution in [1.82, 2.24) is 19.7 Å². The molecular weight excluding hydrogens is 387 g/mol. The molecule has 0 aliphatic carbocycles. The normalized spacial score (nSPS) is 12.4. The molecule has 0 saturated carbocycles. The number of hydrogen-bond donors (Lipinski definition) is 1. The Morgan fingerprint density at radius 3 is 2.76 bits per heavy atom. The fourth-order valence-corrected chi connectivity index (χ4v) is 3.36. The van der Waals surface area contributed by atoms with Gasteiger partial charge in [0.05, 0.1) is 18.0 Å². The number of aryl methyl sites for hydroxylation is 1. The maximum atomic E-state index is 13.6. The number of hydrogen-bond acceptors (Lipinski definition) is 4. The Balaban J connectivity index is 2.06. The summed E-state index contributed by atoms with van der Waals surface area (Å²) >= 11 is 3.57. The number of rotatable bonds is 5. The second-order valence-corrected chi connectivity index (χ2v) is 6.51. The molecule has 25 heavy (non-hydrogen) atoms. The molecule has 130 valence electrons. The molecule has 0 bridgehead atoms. The molecule has 0 fully saturated rings. The molecule has 2 heterocycles. The van der Waals surface area contributed by atoms with E-state index in [4.69, 9.17) is 0 Å². The zero-order valence-corrected chi connectivity index (χ0v) is 15.5. The van der Waals surface area contributed by atoms with Crippen LogP contribution in [0.4, 0.5) is 4.39 Å². The van der Waals surface area contributed by atoms with Crippen LogP contribution in [0.1, 0.15) is 36.6 Å². The van der Waals surface area contributed by atoms with E-state index in [0.29, 0.717) is 23.2 Å². The number of aliphatic hydroxyl groups excluding tert-OH is 1. The molecule has 0 amide bonds. The van der Waals surface area contributed by atoms with Gasteiger partial charge in [0.1, 0.15) is 16.7 Å². The van der Waals surface area contributed by atoms with Crippen molar-refractivity contribution in [1.29, 1.82) is 0 Å². The van der Waals surface area contributed by atoms with Crippen LogP contribution in [0.3, 0.4) is 0 Å². The van der Waals surface area contributed by atoms with E-state index in [9.17, 15) is 9.50 Å². The zero-order chi connectivity index (χ0) is 18.0. The molecule has 0 spiro atoms. The third kappa shape index (κ3) is 3.62. The van der Waals surface area contributed by atoms with Crippen LogP contribution in [0.5, 0.6) is 0 Å². The topological polar surface area (TPSA) is 63.8 Å². The monoisotopic (exact) mass is 404 g/mol. The molecule has 1 unspecified atom stereocenters. The highest BCUT2D eigenvalue weighted by Crippen LogP contribution is 2.31. The van der Waals surface area contributed by atoms with Gasteiger partial charge in [0.2, 0.25) is 0 Å². The average molecular weight is 405 g/mol. The number of aromatic nitrogens is 4. The highest BCUT2D eigenvalue weighted by Gasteiger charge is 2.17. The minimum atomic E-state index is -0.803. The van der Waals surface area contributed by atoms with Crippen LogP contribution < -0.4 is 0 Å². The maximum Gasteiger partial charge on any atom is 0.123 e. The summed E-state index contributed by atoms with van der Waals surface area (Å²) in [6, 6.07) is 4.36. The van der Waals surface area contributed by atoms with E-state index in [1.54, 1.807) is 19.2 Å². The lowest BCUT2D eigenvalue weighted by Crippen LogP contribution is -2.02. The van der Waals surface area contributed by atoms with Crippen LogP contribution >= 0.6 is 15.9 Å². The number of halogens is 2. The Bertz CT molecular complexity index is 895. The molecule has 0 saturated heterocycles. The third-order valence-electron chi connectivity index (χ3n) is 4.03. The van der Waals surface area contributed by atoms with Gasteiger partial charge in [-0.2, -0.15) is 5.10 Å². The van der Waals surface area contributed by atoms with Crippen LogP contribution in [-0.2, 0) is 13.0 Å². The second kappa shape index (κ2) is 7.41. The molecule has 7 heteroatoms. The van der Waals surface area contributed by atoms with Gasteiger partial charge in [0, 0.05) is 35.9 Å². The van der Waals surface area contributed by atoms with Gasteiger partial charge in [-0.05, 0) is 53.5 Å². The van der Waals surface area contributed by atoms with Crippen molar-refractivity contribution < 1.29 is 9.50 Å². The first kappa shape index (κ1) is 17.7. The van der Waals surface area contributed by atoms with Gasteiger partial charge >= 0.3 is 0 Å². The first-order valence-corrected chi connectivity index (χ1v) is 8.77. The maximum absolute atomic E-state index is 13.6. The van der Waals surface area contributed by atoms with Crippen LogP contribution in [-0.4, -0.2) is 24.9 Å². The Kier molecular flexibility index (Phi) is 5.24. The van der Waals surface area contributed by atoms with E-state index in [1.807, 2.05) is 17.8 Å². The Morgan fingerprint density at radius 2 is 2.08 bits per heavy atom. The summed E-state index contributed by atoms with van der Waals surface area (Å²) in [5.74, 6) is -0.387. The highest BCUT2D eigenvalue weighted by molar-refractivity contribution is 9.10. The van der Waals surface area contributed by atoms with Crippen LogP contribution in [0.15, 0.2) is 41.5 Å². The Labute approximate surface area is 153 Å². The summed E-state index contributed by atoms with van der Waals surface area (Å²) < 4.78 is 16.4. The van der Waals surface area contributed by atoms with Crippen molar-refractivity contribution in [2.24, 2.45) is 0 Å². The number of aliphatic hydroxyl groups is 1. The lowest BCUT2D eigenvalue weighted by molar-refractivity contribution is 0.199. The Morgan fingerprint density at radius 1 is 1.28 bits per heavy atom. The van der Waals surface area contributed by atoms with Crippen molar-refractivity contribution in [3.63, 3.8) is 0 Å². The standard InChI is InChI=1S/C18H18BrFN4O/c1-3-24-18(19)13(9-23-24)6-12-8-21-10-22-17(12)15-5-4-14(20)7-16(15)11(2)25/h4-5,7-11,25H,3,6H2,1-2H3. The van der Waals surface area contributed by atoms with Crippen molar-refractivity contribution in [2.75, 3.05) is 0 Å². The predicted octanol–water partition coefficient (Wildman–Crippen LogP) is 3.91. The van der Waals surface area contributed by atoms with Gasteiger partial charge in [-0.15, -0.1) is 0 Å². The molecule has 0 aliphatic heterocycles. The molecule has 5 nitrogen and oxygen atoms in total. The molecule has 1 atom stereocenters. The second-order valence-electron chi connectivity index (χ2n) is 5.76. The van der Waals surface area contributed by atoms with Crippen LogP contribution in [0.2, 0.25) is 0 Å². The summed E-state index contributed by atoms with van der Waals surface area (Å²) in [6.07, 6.45) is 4.78. The molecular formula is C18H18BrFN4O. The van der Waals surface area contributed by atoms with Crippen molar-refractivity contribution >= 4 is 15.9 Å². The SMILES string of the molecule is CCn1ncc(Cc2cncnc2-c2ccc(F)cc2C(C)O)c1Br. The van der Waals surface area contributed by atoms with Crippen molar-refractivity contribution in [2.45, 2.75) is 32.9 Å². The molecule has 2 aromatic heterocycles. The highest BCUT2D eigenvalue weighted by atomic mass is 79.9. The largest absolute Gasteiger partial charge is 0.389 e. The lowest BCUT2D eigenvalue weighted by Gasteiger charge is -2.14. The molecule has 0 aliphatic rings. The predicted molar refractivity (Wildman–Crippen MR) is 96.5 cm³/mol. The van der Waals surface area contributed by atoms with E-state index in [1.165, 1.54) is 18.5 Å². The summed E-state index contributed by atoms with van der Waals surface area (Å²) in [5, 5.41) is 14.3. The first-order valence-electron chi connectivity index (χ1n) is 7.98. The van der Waals surface area contributed by atoms with E-state index in [2.05, 4.69) is 31.0 Å². The average Bonchev–Trinajstić information content (AvgIpc) is 2.95. The van der Waals surface area contributed by atoms with Gasteiger partial charge in [0.15, 0.2) is 0 Å². The minimum Gasteiger partial charge on any atom is -0.389 e. The summed E-state index contributed by atoms with van der Waals surface area (Å²) in [4.78, 5) is 8.51. The molecule has 1 aromatic carbocycles. The van der Waals surface area contributed by atoms with Gasteiger partial charge in [-0.3, -0.25) is 4.68 Å². The van der Waals surface area contributed by atoms with Gasteiger partial charge < -0.3 is 5.11 Å². The number of nitrogens with zero attached hydrogens (tertiary/aromatic N) is 4. The summed E-state index contributed by atoms with van der Waals surface area (Å²) in [6.45, 7) is 4.40. The first-order chi connectivity index (χ1) is 12.0. The summed E-state index contributed by atoms with van der Waals surface area (Å²) in [5.41, 5.74) is 3.78. The van der Waals surface area contributed by atoms with E-state index >= 15 is 0 Å². The van der Waals surface area contributed by atoms with E-state index in [0.717, 1.165) is 22.3 Å². The van der Waals surface area contributed by atoms with Crippen LogP contribution in [0.25, 0.3) is 11.3 Å². The quantitative estimate of drug-likeness (QED) is 0.699. The minimum absolute atomic E-state index is 0.387. The van der Waals surface area contributed by atoms with Gasteiger partial charge in [-0.25, -0.2) is 14.4 Å². The lowest BCUT2D eigenvalue weighted by atomic mass is 9.96. The fraction of sp³-hybridized carbons (Fsp3) is 0.278. The smallest absolute Gasteiger partial charge is 0.123 e. The molecule has 0 radical (unpaired) electrons. The van der Waals surface area contributed by atoms with Gasteiger partial charge in [0.25, 0.3) is 0 Å². The van der Waals surface area contributed by atoms with Gasteiger partial charge in [-0.1, -0.05) is 0 Å². The number of benzene rings is 1. The van der Waals surface area contributed by atoms with E-state index in [-0.39, 0.29) is 5.82 Å². The van der Waals surface area contributed by atoms with Crippen LogP contribution in [0, 0.1) is 5.82 Å². The van der Waals surface area contributed by atoms with Crippen molar-refractivity contribution in [3.05, 3.63) is 64.0 Å². The zero-order valence-electron chi connectivity index (χ0n) is 13.9.